The molecule has 1 heterocycles. The predicted molar refractivity (Wildman–Crippen MR) is 172 cm³/mol. The van der Waals surface area contributed by atoms with Crippen LogP contribution in [0.5, 0.6) is 0 Å². The number of anilines is 2. The Hall–Kier alpha value is -3.44. The van der Waals surface area contributed by atoms with Crippen LogP contribution in [0.2, 0.25) is 0 Å². The summed E-state index contributed by atoms with van der Waals surface area (Å²) in [4.78, 5) is 21.6. The van der Waals surface area contributed by atoms with Gasteiger partial charge in [-0.15, -0.1) is 0 Å². The SMILES string of the molecule is Cc1ccc(S(=O)(=O)NC[C@H]2CC[C@H](CNc3nc(NCCCCNC(=O)OC(C)(C)C)c4ccccc4n3)CC2)cc1. The largest absolute Gasteiger partial charge is 0.444 e. The Labute approximate surface area is 255 Å². The summed E-state index contributed by atoms with van der Waals surface area (Å²) in [6.07, 6.45) is 5.31. The molecule has 1 aromatic heterocycles. The molecule has 0 unspecified atom stereocenters. The lowest BCUT2D eigenvalue weighted by atomic mass is 9.82. The Morgan fingerprint density at radius 2 is 1.53 bits per heavy atom. The van der Waals surface area contributed by atoms with Crippen LogP contribution in [-0.4, -0.2) is 56.3 Å². The molecule has 3 aromatic rings. The van der Waals surface area contributed by atoms with Crippen molar-refractivity contribution < 1.29 is 17.9 Å². The smallest absolute Gasteiger partial charge is 0.407 e. The second-order valence-electron chi connectivity index (χ2n) is 12.4. The third kappa shape index (κ3) is 10.4. The first-order chi connectivity index (χ1) is 20.5. The highest BCUT2D eigenvalue weighted by atomic mass is 32.2. The normalized spacial score (nSPS) is 17.4. The van der Waals surface area contributed by atoms with Crippen molar-refractivity contribution in [2.75, 3.05) is 36.8 Å². The number of benzene rings is 2. The molecular formula is C32H46N6O4S. The monoisotopic (exact) mass is 610 g/mol. The van der Waals surface area contributed by atoms with Gasteiger partial charge in [-0.25, -0.2) is 22.9 Å². The molecule has 0 bridgehead atoms. The van der Waals surface area contributed by atoms with Gasteiger partial charge >= 0.3 is 6.09 Å². The van der Waals surface area contributed by atoms with Crippen LogP contribution in [0.15, 0.2) is 53.4 Å². The van der Waals surface area contributed by atoms with Gasteiger partial charge in [0.05, 0.1) is 10.4 Å². The fourth-order valence-electron chi connectivity index (χ4n) is 5.16. The number of rotatable bonds is 13. The minimum absolute atomic E-state index is 0.315. The van der Waals surface area contributed by atoms with Gasteiger partial charge in [0, 0.05) is 31.6 Å². The molecule has 1 aliphatic rings. The topological polar surface area (TPSA) is 134 Å². The third-order valence-corrected chi connectivity index (χ3v) is 9.02. The number of unbranched alkanes of at least 4 members (excludes halogenated alkanes) is 1. The van der Waals surface area contributed by atoms with Gasteiger partial charge in [-0.2, -0.15) is 4.98 Å². The number of nitrogens with zero attached hydrogens (tertiary/aromatic N) is 2. The maximum absolute atomic E-state index is 12.6. The first kappa shape index (κ1) is 32.5. The van der Waals surface area contributed by atoms with Crippen molar-refractivity contribution in [3.8, 4) is 0 Å². The average Bonchev–Trinajstić information content (AvgIpc) is 2.96. The van der Waals surface area contributed by atoms with E-state index in [0.717, 1.165) is 67.4 Å². The average molecular weight is 611 g/mol. The van der Waals surface area contributed by atoms with E-state index < -0.39 is 21.7 Å². The summed E-state index contributed by atoms with van der Waals surface area (Å²) in [6.45, 7) is 9.99. The van der Waals surface area contributed by atoms with E-state index in [1.165, 1.54) is 0 Å². The second-order valence-corrected chi connectivity index (χ2v) is 14.2. The van der Waals surface area contributed by atoms with Crippen molar-refractivity contribution in [3.63, 3.8) is 0 Å². The van der Waals surface area contributed by atoms with Crippen molar-refractivity contribution in [2.45, 2.75) is 76.7 Å². The highest BCUT2D eigenvalue weighted by molar-refractivity contribution is 7.89. The number of alkyl carbamates (subject to hydrolysis) is 1. The Morgan fingerprint density at radius 1 is 0.884 bits per heavy atom. The highest BCUT2D eigenvalue weighted by Gasteiger charge is 2.24. The van der Waals surface area contributed by atoms with Crippen LogP contribution >= 0.6 is 0 Å². The molecule has 43 heavy (non-hydrogen) atoms. The highest BCUT2D eigenvalue weighted by Crippen LogP contribution is 2.29. The quantitative estimate of drug-likeness (QED) is 0.177. The molecule has 1 aliphatic carbocycles. The predicted octanol–water partition coefficient (Wildman–Crippen LogP) is 5.85. The molecule has 1 saturated carbocycles. The summed E-state index contributed by atoms with van der Waals surface area (Å²) in [6, 6.07) is 14.9. The molecule has 1 fully saturated rings. The van der Waals surface area contributed by atoms with Crippen LogP contribution in [0.3, 0.4) is 0 Å². The Bertz CT molecular complexity index is 1450. The number of amides is 1. The molecule has 0 atom stereocenters. The maximum atomic E-state index is 12.6. The Morgan fingerprint density at radius 3 is 2.23 bits per heavy atom. The molecule has 2 aromatic carbocycles. The van der Waals surface area contributed by atoms with Crippen LogP contribution in [0.1, 0.15) is 64.9 Å². The molecule has 4 N–H and O–H groups in total. The molecule has 0 spiro atoms. The van der Waals surface area contributed by atoms with E-state index in [0.29, 0.717) is 42.3 Å². The number of carbonyl (C=O) groups is 1. The summed E-state index contributed by atoms with van der Waals surface area (Å²) in [5, 5.41) is 10.7. The number of aryl methyl sites for hydroxylation is 1. The van der Waals surface area contributed by atoms with E-state index in [2.05, 4.69) is 20.7 Å². The zero-order valence-corrected chi connectivity index (χ0v) is 26.6. The molecular weight excluding hydrogens is 564 g/mol. The molecule has 4 rings (SSSR count). The summed E-state index contributed by atoms with van der Waals surface area (Å²) in [7, 11) is -3.49. The van der Waals surface area contributed by atoms with Crippen LogP contribution < -0.4 is 20.7 Å². The lowest BCUT2D eigenvalue weighted by Crippen LogP contribution is -2.33. The number of carbonyl (C=O) groups excluding carboxylic acids is 1. The number of para-hydroxylation sites is 1. The minimum atomic E-state index is -3.49. The maximum Gasteiger partial charge on any atom is 0.407 e. The van der Waals surface area contributed by atoms with Gasteiger partial charge in [-0.05, 0) is 102 Å². The second kappa shape index (κ2) is 14.8. The minimum Gasteiger partial charge on any atom is -0.444 e. The molecule has 0 radical (unpaired) electrons. The molecule has 0 saturated heterocycles. The molecule has 11 heteroatoms. The fourth-order valence-corrected chi connectivity index (χ4v) is 6.27. The molecule has 0 aliphatic heterocycles. The number of ether oxygens (including phenoxy) is 1. The van der Waals surface area contributed by atoms with E-state index in [-0.39, 0.29) is 0 Å². The summed E-state index contributed by atoms with van der Waals surface area (Å²) >= 11 is 0. The van der Waals surface area contributed by atoms with E-state index in [9.17, 15) is 13.2 Å². The van der Waals surface area contributed by atoms with Gasteiger partial charge in [0.15, 0.2) is 0 Å². The van der Waals surface area contributed by atoms with E-state index >= 15 is 0 Å². The summed E-state index contributed by atoms with van der Waals surface area (Å²) in [5.41, 5.74) is 1.41. The van der Waals surface area contributed by atoms with Crippen molar-refractivity contribution in [1.29, 1.82) is 0 Å². The van der Waals surface area contributed by atoms with Gasteiger partial charge < -0.3 is 20.7 Å². The Kier molecular flexibility index (Phi) is 11.2. The lowest BCUT2D eigenvalue weighted by Gasteiger charge is -2.28. The zero-order chi connectivity index (χ0) is 30.9. The van der Waals surface area contributed by atoms with Gasteiger partial charge in [0.1, 0.15) is 11.4 Å². The zero-order valence-electron chi connectivity index (χ0n) is 25.8. The van der Waals surface area contributed by atoms with Crippen molar-refractivity contribution in [3.05, 3.63) is 54.1 Å². The van der Waals surface area contributed by atoms with Crippen molar-refractivity contribution >= 4 is 38.8 Å². The third-order valence-electron chi connectivity index (χ3n) is 7.58. The summed E-state index contributed by atoms with van der Waals surface area (Å²) < 4.78 is 33.4. The number of fused-ring (bicyclic) bond motifs is 1. The Balaban J connectivity index is 1.21. The van der Waals surface area contributed by atoms with Crippen LogP contribution in [0.25, 0.3) is 10.9 Å². The molecule has 10 nitrogen and oxygen atoms in total. The van der Waals surface area contributed by atoms with E-state index in [4.69, 9.17) is 14.7 Å². The molecule has 234 valence electrons. The van der Waals surface area contributed by atoms with Crippen LogP contribution in [0, 0.1) is 18.8 Å². The lowest BCUT2D eigenvalue weighted by molar-refractivity contribution is 0.0527. The van der Waals surface area contributed by atoms with Crippen molar-refractivity contribution in [1.82, 2.24) is 20.0 Å². The summed E-state index contributed by atoms with van der Waals surface area (Å²) in [5.74, 6) is 2.20. The molecule has 1 amide bonds. The number of hydrogen-bond donors (Lipinski definition) is 4. The number of aromatic nitrogens is 2. The van der Waals surface area contributed by atoms with Gasteiger partial charge in [0.25, 0.3) is 0 Å². The number of nitrogens with one attached hydrogen (secondary N) is 4. The van der Waals surface area contributed by atoms with Gasteiger partial charge in [-0.3, -0.25) is 0 Å². The standard InChI is InChI=1S/C32H46N6O4S/c1-23-11-17-26(18-12-23)43(40,41)36-22-25-15-13-24(14-16-25)21-35-30-37-28-10-6-5-9-27(28)29(38-30)33-19-7-8-20-34-31(39)42-32(2,3)4/h5-6,9-12,17-18,24-25,36H,7-8,13-16,19-22H2,1-4H3,(H,34,39)(H2,33,35,37,38)/t24-,25-. The fraction of sp³-hybridized carbons (Fsp3) is 0.531. The first-order valence-corrected chi connectivity index (χ1v) is 16.7. The van der Waals surface area contributed by atoms with Gasteiger partial charge in [0.2, 0.25) is 16.0 Å². The van der Waals surface area contributed by atoms with Crippen molar-refractivity contribution in [2.24, 2.45) is 11.8 Å². The van der Waals surface area contributed by atoms with Crippen LogP contribution in [0.4, 0.5) is 16.6 Å². The number of sulfonamides is 1. The number of hydrogen-bond acceptors (Lipinski definition) is 8. The van der Waals surface area contributed by atoms with Crippen LogP contribution in [-0.2, 0) is 14.8 Å². The van der Waals surface area contributed by atoms with E-state index in [1.807, 2.05) is 64.1 Å². The van der Waals surface area contributed by atoms with Gasteiger partial charge in [-0.1, -0.05) is 29.8 Å². The first-order valence-electron chi connectivity index (χ1n) is 15.3. The van der Waals surface area contributed by atoms with E-state index in [1.54, 1.807) is 12.1 Å².